The Balaban J connectivity index is 0.000000805. The van der Waals surface area contributed by atoms with Crippen molar-refractivity contribution >= 4 is 86.5 Å². The molecule has 0 aliphatic rings. The summed E-state index contributed by atoms with van der Waals surface area (Å²) >= 11 is 17.3. The Hall–Kier alpha value is -0.613. The zero-order valence-corrected chi connectivity index (χ0v) is 24.5. The highest BCUT2D eigenvalue weighted by Gasteiger charge is 2.17. The molecule has 1 amide bonds. The number of aryl methyl sites for hydroxylation is 1. The summed E-state index contributed by atoms with van der Waals surface area (Å²) in [6.45, 7) is 7.82. The number of aldehydes is 1. The maximum Gasteiger partial charge on any atom is 0.339 e. The largest absolute Gasteiger partial charge is 0.361 e. The number of nitrogens with zero attached hydrogens (tertiary/aromatic N) is 3. The second-order valence-electron chi connectivity index (χ2n) is 8.10. The number of fused-ring (bicyclic) bond motifs is 1. The van der Waals surface area contributed by atoms with E-state index in [4.69, 9.17) is 4.74 Å². The predicted octanol–water partition coefficient (Wildman–Crippen LogP) is 5.74. The summed E-state index contributed by atoms with van der Waals surface area (Å²) in [5.41, 5.74) is 0.848. The molecule has 32 heavy (non-hydrogen) atoms. The quantitative estimate of drug-likeness (QED) is 0.172. The van der Waals surface area contributed by atoms with E-state index in [1.165, 1.54) is 9.47 Å². The van der Waals surface area contributed by atoms with Gasteiger partial charge in [0.25, 0.3) is 5.56 Å². The van der Waals surface area contributed by atoms with Gasteiger partial charge in [-0.05, 0) is 55.7 Å². The topological polar surface area (TPSA) is 90.6 Å². The van der Waals surface area contributed by atoms with E-state index in [9.17, 15) is 18.9 Å². The molecule has 0 aliphatic heterocycles. The fraction of sp³-hybridized carbons (Fsp3) is 0.500. The third-order valence-corrected chi connectivity index (χ3v) is 6.05. The second kappa shape index (κ2) is 13.9. The van der Waals surface area contributed by atoms with Crippen LogP contribution in [0.5, 0.6) is 0 Å². The van der Waals surface area contributed by atoms with Crippen LogP contribution in [0.4, 0.5) is 0 Å². The summed E-state index contributed by atoms with van der Waals surface area (Å²) in [7, 11) is 3.92. The van der Waals surface area contributed by atoms with E-state index in [0.29, 0.717) is 23.1 Å². The molecule has 0 N–H and O–H groups in total. The standard InChI is InChI=1S/C15H21BrN2O3Si.C3H7NO.Cl3OP/c1-17-8-12(16)13-11(9-19)7-18(14(13)15(17)20)10-21-5-6-22(2,3)4;1-4(2)3-5;1-5(2,3)4/h7-9H,5-6,10H2,1-4H3;3H,1-2H3;. The maximum atomic E-state index is 12.4. The number of amides is 1. The lowest BCUT2D eigenvalue weighted by molar-refractivity contribution is -0.115. The first-order valence-electron chi connectivity index (χ1n) is 9.23. The summed E-state index contributed by atoms with van der Waals surface area (Å²) in [6.07, 6.45) is 4.87. The van der Waals surface area contributed by atoms with Crippen LogP contribution >= 0.6 is 54.9 Å². The smallest absolute Gasteiger partial charge is 0.339 e. The molecule has 0 fully saturated rings. The Morgan fingerprint density at radius 3 is 2.09 bits per heavy atom. The number of pyridine rings is 1. The van der Waals surface area contributed by atoms with E-state index in [-0.39, 0.29) is 12.3 Å². The fourth-order valence-electron chi connectivity index (χ4n) is 2.25. The van der Waals surface area contributed by atoms with Gasteiger partial charge in [-0.15, -0.1) is 0 Å². The lowest BCUT2D eigenvalue weighted by Crippen LogP contribution is -2.22. The first-order valence-corrected chi connectivity index (χ1v) is 18.2. The summed E-state index contributed by atoms with van der Waals surface area (Å²) in [6, 6.07) is 1.06. The van der Waals surface area contributed by atoms with Crippen LogP contribution in [0.1, 0.15) is 10.4 Å². The average molecular weight is 612 g/mol. The van der Waals surface area contributed by atoms with E-state index >= 15 is 0 Å². The monoisotopic (exact) mass is 609 g/mol. The summed E-state index contributed by atoms with van der Waals surface area (Å²) in [5, 5.41) is -2.58. The normalized spacial score (nSPS) is 11.2. The number of hydrogen-bond donors (Lipinski definition) is 0. The molecule has 182 valence electrons. The van der Waals surface area contributed by atoms with Crippen LogP contribution < -0.4 is 5.56 Å². The molecule has 2 heterocycles. The molecule has 0 spiro atoms. The Morgan fingerprint density at radius 2 is 1.69 bits per heavy atom. The van der Waals surface area contributed by atoms with E-state index in [1.54, 1.807) is 38.1 Å². The number of hydrogen-bond acceptors (Lipinski definition) is 5. The van der Waals surface area contributed by atoms with Crippen molar-refractivity contribution in [3.63, 3.8) is 0 Å². The third-order valence-electron chi connectivity index (χ3n) is 3.74. The van der Waals surface area contributed by atoms with Gasteiger partial charge in [-0.3, -0.25) is 18.9 Å². The molecule has 2 rings (SSSR count). The molecule has 0 radical (unpaired) electrons. The molecular formula is C18H28BrCl3N3O5PSi. The van der Waals surface area contributed by atoms with E-state index in [0.717, 1.165) is 23.2 Å². The first-order chi connectivity index (χ1) is 14.5. The summed E-state index contributed by atoms with van der Waals surface area (Å²) in [5.74, 6) is 0. The molecule has 0 bridgehead atoms. The molecule has 2 aromatic rings. The summed E-state index contributed by atoms with van der Waals surface area (Å²) < 4.78 is 19.2. The Bertz CT molecular complexity index is 1010. The maximum absolute atomic E-state index is 12.4. The van der Waals surface area contributed by atoms with Crippen LogP contribution in [-0.4, -0.2) is 55.5 Å². The van der Waals surface area contributed by atoms with Crippen molar-refractivity contribution < 1.29 is 18.9 Å². The van der Waals surface area contributed by atoms with E-state index in [1.807, 2.05) is 0 Å². The molecule has 8 nitrogen and oxygen atoms in total. The number of carbonyl (C=O) groups excluding carboxylic acids is 2. The molecule has 14 heteroatoms. The summed E-state index contributed by atoms with van der Waals surface area (Å²) in [4.78, 5) is 34.5. The van der Waals surface area contributed by atoms with Gasteiger partial charge in [0.15, 0.2) is 6.29 Å². The predicted molar refractivity (Wildman–Crippen MR) is 139 cm³/mol. The molecule has 0 aliphatic carbocycles. The Morgan fingerprint density at radius 1 is 1.19 bits per heavy atom. The van der Waals surface area contributed by atoms with Crippen LogP contribution in [0.2, 0.25) is 25.7 Å². The fourth-order valence-corrected chi connectivity index (χ4v) is 3.73. The zero-order valence-electron chi connectivity index (χ0n) is 18.8. The van der Waals surface area contributed by atoms with Gasteiger partial charge in [0.1, 0.15) is 12.2 Å². The number of carbonyl (C=O) groups is 2. The average Bonchev–Trinajstić information content (AvgIpc) is 3.01. The van der Waals surface area contributed by atoms with Gasteiger partial charge in [-0.1, -0.05) is 19.6 Å². The van der Waals surface area contributed by atoms with Crippen LogP contribution in [0.25, 0.3) is 10.9 Å². The molecular weight excluding hydrogens is 584 g/mol. The van der Waals surface area contributed by atoms with Gasteiger partial charge in [-0.25, -0.2) is 0 Å². The van der Waals surface area contributed by atoms with E-state index in [2.05, 4.69) is 69.3 Å². The SMILES string of the molecule is CN(C)C=O.Cn1cc(Br)c2c(C=O)cn(COCC[Si](C)(C)C)c2c1=O.O=P(Cl)(Cl)Cl. The molecule has 2 aromatic heterocycles. The molecule has 0 unspecified atom stereocenters. The molecule has 0 saturated carbocycles. The third kappa shape index (κ3) is 12.6. The van der Waals surface area contributed by atoms with Gasteiger partial charge in [0, 0.05) is 63.6 Å². The highest BCUT2D eigenvalue weighted by atomic mass is 79.9. The first kappa shape index (κ1) is 31.4. The molecule has 0 aromatic carbocycles. The Kier molecular flexibility index (Phi) is 13.7. The van der Waals surface area contributed by atoms with Crippen molar-refractivity contribution in [1.82, 2.24) is 14.0 Å². The molecule has 0 saturated heterocycles. The van der Waals surface area contributed by atoms with Gasteiger partial charge in [-0.2, -0.15) is 0 Å². The van der Waals surface area contributed by atoms with Gasteiger partial charge >= 0.3 is 5.20 Å². The minimum absolute atomic E-state index is 0.139. The molecule has 0 atom stereocenters. The van der Waals surface area contributed by atoms with Crippen LogP contribution in [0, 0.1) is 0 Å². The van der Waals surface area contributed by atoms with Crippen molar-refractivity contribution in [3.05, 3.63) is 32.8 Å². The van der Waals surface area contributed by atoms with Crippen molar-refractivity contribution in [2.75, 3.05) is 20.7 Å². The van der Waals surface area contributed by atoms with Gasteiger partial charge in [0.2, 0.25) is 6.41 Å². The van der Waals surface area contributed by atoms with Gasteiger partial charge in [0.05, 0.1) is 0 Å². The van der Waals surface area contributed by atoms with Crippen LogP contribution in [0.3, 0.4) is 0 Å². The second-order valence-corrected chi connectivity index (χ2v) is 21.2. The number of halogens is 4. The minimum Gasteiger partial charge on any atom is -0.361 e. The highest BCUT2D eigenvalue weighted by Crippen LogP contribution is 2.61. The van der Waals surface area contributed by atoms with Crippen molar-refractivity contribution in [2.45, 2.75) is 32.4 Å². The Labute approximate surface area is 211 Å². The highest BCUT2D eigenvalue weighted by molar-refractivity contribution is 9.10. The van der Waals surface area contributed by atoms with Crippen LogP contribution in [0.15, 0.2) is 21.7 Å². The minimum atomic E-state index is -3.22. The van der Waals surface area contributed by atoms with Crippen molar-refractivity contribution in [3.8, 4) is 0 Å². The van der Waals surface area contributed by atoms with Crippen LogP contribution in [-0.2, 0) is 27.9 Å². The number of ether oxygens (including phenoxy) is 1. The van der Waals surface area contributed by atoms with Crippen molar-refractivity contribution in [1.29, 1.82) is 0 Å². The van der Waals surface area contributed by atoms with E-state index < -0.39 is 13.3 Å². The lowest BCUT2D eigenvalue weighted by atomic mass is 10.2. The zero-order chi connectivity index (χ0) is 25.3. The number of rotatable bonds is 7. The number of aromatic nitrogens is 2. The van der Waals surface area contributed by atoms with Crippen molar-refractivity contribution in [2.24, 2.45) is 7.05 Å². The lowest BCUT2D eigenvalue weighted by Gasteiger charge is -2.15. The van der Waals surface area contributed by atoms with Gasteiger partial charge < -0.3 is 18.8 Å².